The summed E-state index contributed by atoms with van der Waals surface area (Å²) in [5.41, 5.74) is 5.57. The third-order valence-electron chi connectivity index (χ3n) is 3.27. The molecule has 4 nitrogen and oxygen atoms in total. The van der Waals surface area contributed by atoms with Gasteiger partial charge >= 0.3 is 0 Å². The number of aromatic nitrogens is 3. The quantitative estimate of drug-likeness (QED) is 0.857. The van der Waals surface area contributed by atoms with Gasteiger partial charge in [0.25, 0.3) is 0 Å². The van der Waals surface area contributed by atoms with E-state index < -0.39 is 0 Å². The van der Waals surface area contributed by atoms with Gasteiger partial charge < -0.3 is 4.98 Å². The molecule has 6 heteroatoms. The van der Waals surface area contributed by atoms with Gasteiger partial charge in [0, 0.05) is 48.4 Å². The second-order valence-corrected chi connectivity index (χ2v) is 5.84. The maximum absolute atomic E-state index is 5.05. The van der Waals surface area contributed by atoms with E-state index in [9.17, 15) is 0 Å². The minimum absolute atomic E-state index is 0.584. The van der Waals surface area contributed by atoms with Crippen LogP contribution in [-0.4, -0.2) is 26.4 Å². The van der Waals surface area contributed by atoms with Crippen molar-refractivity contribution in [3.8, 4) is 0 Å². The summed E-state index contributed by atoms with van der Waals surface area (Å²) < 4.78 is 0.584. The summed E-state index contributed by atoms with van der Waals surface area (Å²) in [6, 6.07) is 0. The van der Waals surface area contributed by atoms with Crippen LogP contribution >= 0.6 is 23.6 Å². The number of thiazole rings is 1. The lowest BCUT2D eigenvalue weighted by Gasteiger charge is -2.27. The molecule has 0 fully saturated rings. The molecule has 0 unspecified atom stereocenters. The summed E-state index contributed by atoms with van der Waals surface area (Å²) in [5.74, 6) is 0. The number of aromatic amines is 1. The summed E-state index contributed by atoms with van der Waals surface area (Å²) in [7, 11) is 0. The van der Waals surface area contributed by atoms with Crippen LogP contribution in [0, 0.1) is 11.7 Å². The first-order chi connectivity index (χ1) is 8.72. The first kappa shape index (κ1) is 12.0. The van der Waals surface area contributed by atoms with Crippen LogP contribution in [0.4, 0.5) is 0 Å². The Balaban J connectivity index is 1.77. The third-order valence-corrected chi connectivity index (χ3v) is 4.39. The van der Waals surface area contributed by atoms with Crippen molar-refractivity contribution in [2.45, 2.75) is 26.4 Å². The van der Waals surface area contributed by atoms with E-state index in [2.05, 4.69) is 26.8 Å². The fourth-order valence-corrected chi connectivity index (χ4v) is 3.22. The van der Waals surface area contributed by atoms with Crippen LogP contribution in [0.1, 0.15) is 21.8 Å². The second-order valence-electron chi connectivity index (χ2n) is 4.51. The monoisotopic (exact) mass is 278 g/mol. The molecule has 0 saturated carbocycles. The summed E-state index contributed by atoms with van der Waals surface area (Å²) >= 11 is 6.78. The van der Waals surface area contributed by atoms with Crippen LogP contribution in [0.3, 0.4) is 0 Å². The molecule has 0 spiro atoms. The van der Waals surface area contributed by atoms with Gasteiger partial charge in [0.1, 0.15) is 0 Å². The third kappa shape index (κ3) is 2.36. The summed E-state index contributed by atoms with van der Waals surface area (Å²) in [4.78, 5) is 15.4. The molecule has 3 rings (SSSR count). The minimum Gasteiger partial charge on any atom is -0.334 e. The van der Waals surface area contributed by atoms with E-state index >= 15 is 0 Å². The molecule has 0 saturated heterocycles. The number of rotatable bonds is 2. The number of hydrogen-bond donors (Lipinski definition) is 1. The molecule has 1 aliphatic heterocycles. The van der Waals surface area contributed by atoms with Gasteiger partial charge in [0.2, 0.25) is 0 Å². The van der Waals surface area contributed by atoms with E-state index in [-0.39, 0.29) is 0 Å². The molecule has 2 aromatic rings. The summed E-state index contributed by atoms with van der Waals surface area (Å²) in [6.07, 6.45) is 2.92. The highest BCUT2D eigenvalue weighted by atomic mass is 32.1. The van der Waals surface area contributed by atoms with Crippen LogP contribution in [0.5, 0.6) is 0 Å². The predicted octanol–water partition coefficient (Wildman–Crippen LogP) is 2.46. The summed E-state index contributed by atoms with van der Waals surface area (Å²) in [5, 5.41) is 0. The average Bonchev–Trinajstić information content (AvgIpc) is 2.75. The van der Waals surface area contributed by atoms with Gasteiger partial charge in [-0.3, -0.25) is 4.90 Å². The molecule has 2 aromatic heterocycles. The number of nitrogens with zero attached hydrogens (tertiary/aromatic N) is 3. The topological polar surface area (TPSA) is 44.8 Å². The molecule has 18 heavy (non-hydrogen) atoms. The minimum atomic E-state index is 0.584. The van der Waals surface area contributed by atoms with Crippen molar-refractivity contribution in [3.63, 3.8) is 0 Å². The number of H-pyrrole nitrogens is 1. The average molecular weight is 278 g/mol. The first-order valence-electron chi connectivity index (χ1n) is 5.91. The van der Waals surface area contributed by atoms with Crippen LogP contribution in [0.15, 0.2) is 11.7 Å². The van der Waals surface area contributed by atoms with Gasteiger partial charge in [-0.25, -0.2) is 9.97 Å². The lowest BCUT2D eigenvalue weighted by molar-refractivity contribution is 0.244. The Labute approximate surface area is 115 Å². The van der Waals surface area contributed by atoms with Crippen molar-refractivity contribution in [1.82, 2.24) is 19.9 Å². The highest BCUT2D eigenvalue weighted by molar-refractivity contribution is 7.71. The molecule has 0 aromatic carbocycles. The lowest BCUT2D eigenvalue weighted by atomic mass is 10.1. The first-order valence-corrected chi connectivity index (χ1v) is 7.19. The molecule has 0 aliphatic carbocycles. The Bertz CT molecular complexity index is 617. The van der Waals surface area contributed by atoms with Crippen molar-refractivity contribution in [2.75, 3.05) is 6.54 Å². The van der Waals surface area contributed by atoms with E-state index in [0.29, 0.717) is 4.77 Å². The molecule has 0 radical (unpaired) electrons. The molecule has 0 bridgehead atoms. The molecule has 1 N–H and O–H groups in total. The van der Waals surface area contributed by atoms with E-state index in [0.717, 1.165) is 31.7 Å². The van der Waals surface area contributed by atoms with E-state index in [1.807, 2.05) is 11.7 Å². The maximum atomic E-state index is 5.05. The molecule has 94 valence electrons. The Kier molecular flexibility index (Phi) is 3.23. The molecular formula is C12H14N4S2. The van der Waals surface area contributed by atoms with E-state index in [1.165, 1.54) is 16.1 Å². The molecule has 0 atom stereocenters. The standard InChI is InChI=1S/C12H14N4S2/c1-8-11(18-7-14-8)6-16-3-2-10-9(5-16)4-13-12(17)15-10/h4,7H,2-3,5-6H2,1H3,(H,13,15,17). The Morgan fingerprint density at radius 1 is 1.50 bits per heavy atom. The lowest BCUT2D eigenvalue weighted by Crippen LogP contribution is -2.30. The van der Waals surface area contributed by atoms with Crippen molar-refractivity contribution in [1.29, 1.82) is 0 Å². The van der Waals surface area contributed by atoms with Gasteiger partial charge in [-0.05, 0) is 19.1 Å². The van der Waals surface area contributed by atoms with Crippen molar-refractivity contribution in [2.24, 2.45) is 0 Å². The van der Waals surface area contributed by atoms with Crippen molar-refractivity contribution in [3.05, 3.63) is 38.3 Å². The molecular weight excluding hydrogens is 264 g/mol. The number of hydrogen-bond acceptors (Lipinski definition) is 5. The maximum Gasteiger partial charge on any atom is 0.196 e. The zero-order valence-corrected chi connectivity index (χ0v) is 11.8. The van der Waals surface area contributed by atoms with Gasteiger partial charge in [-0.1, -0.05) is 0 Å². The van der Waals surface area contributed by atoms with Crippen LogP contribution in [0.25, 0.3) is 0 Å². The zero-order chi connectivity index (χ0) is 12.5. The highest BCUT2D eigenvalue weighted by Gasteiger charge is 2.18. The Hall–Kier alpha value is -1.11. The van der Waals surface area contributed by atoms with Crippen LogP contribution < -0.4 is 0 Å². The molecule has 1 aliphatic rings. The predicted molar refractivity (Wildman–Crippen MR) is 74.1 cm³/mol. The fourth-order valence-electron chi connectivity index (χ4n) is 2.22. The van der Waals surface area contributed by atoms with Gasteiger partial charge in [-0.15, -0.1) is 11.3 Å². The molecule has 3 heterocycles. The normalized spacial score (nSPS) is 15.6. The smallest absolute Gasteiger partial charge is 0.196 e. The largest absolute Gasteiger partial charge is 0.334 e. The number of fused-ring (bicyclic) bond motifs is 1. The van der Waals surface area contributed by atoms with E-state index in [1.54, 1.807) is 11.3 Å². The number of nitrogens with one attached hydrogen (secondary N) is 1. The van der Waals surface area contributed by atoms with Crippen LogP contribution in [-0.2, 0) is 19.5 Å². The second kappa shape index (κ2) is 4.87. The zero-order valence-electron chi connectivity index (χ0n) is 10.1. The molecule has 0 amide bonds. The van der Waals surface area contributed by atoms with Gasteiger partial charge in [-0.2, -0.15) is 0 Å². The van der Waals surface area contributed by atoms with Crippen molar-refractivity contribution < 1.29 is 0 Å². The van der Waals surface area contributed by atoms with Gasteiger partial charge in [0.15, 0.2) is 4.77 Å². The van der Waals surface area contributed by atoms with Gasteiger partial charge in [0.05, 0.1) is 11.2 Å². The Morgan fingerprint density at radius 3 is 3.17 bits per heavy atom. The highest BCUT2D eigenvalue weighted by Crippen LogP contribution is 2.21. The van der Waals surface area contributed by atoms with Crippen molar-refractivity contribution >= 4 is 23.6 Å². The van der Waals surface area contributed by atoms with E-state index in [4.69, 9.17) is 12.2 Å². The Morgan fingerprint density at radius 2 is 2.39 bits per heavy atom. The fraction of sp³-hybridized carbons (Fsp3) is 0.417. The summed E-state index contributed by atoms with van der Waals surface area (Å²) in [6.45, 7) is 5.04. The number of aryl methyl sites for hydroxylation is 1. The SMILES string of the molecule is Cc1ncsc1CN1CCc2[nH]c(=S)ncc2C1. The van der Waals surface area contributed by atoms with Crippen LogP contribution in [0.2, 0.25) is 0 Å².